The third-order valence-corrected chi connectivity index (χ3v) is 3.28. The number of hydrogen-bond donors (Lipinski definition) is 0. The molecule has 0 saturated heterocycles. The molecule has 2 aromatic heterocycles. The Labute approximate surface area is 136 Å². The normalized spacial score (nSPS) is 11.6. The van der Waals surface area contributed by atoms with Crippen LogP contribution in [0.25, 0.3) is 5.65 Å². The zero-order chi connectivity index (χ0) is 18.2. The maximum atomic E-state index is 12.3. The highest BCUT2D eigenvalue weighted by Gasteiger charge is 2.30. The van der Waals surface area contributed by atoms with E-state index in [1.54, 1.807) is 0 Å². The van der Waals surface area contributed by atoms with Gasteiger partial charge in [0.15, 0.2) is 0 Å². The molecule has 0 aliphatic rings. The van der Waals surface area contributed by atoms with Gasteiger partial charge in [-0.25, -0.2) is 0 Å². The summed E-state index contributed by atoms with van der Waals surface area (Å²) < 4.78 is 42.6. The van der Waals surface area contributed by atoms with Gasteiger partial charge < -0.3 is 19.4 Å². The minimum Gasteiger partial charge on any atom is -0.406 e. The van der Waals surface area contributed by atoms with Crippen molar-refractivity contribution < 1.29 is 22.8 Å². The fraction of sp³-hybridized carbons (Fsp3) is 0.143. The van der Waals surface area contributed by atoms with E-state index in [0.29, 0.717) is 5.56 Å². The van der Waals surface area contributed by atoms with Crippen LogP contribution in [0.1, 0.15) is 5.56 Å². The van der Waals surface area contributed by atoms with Crippen molar-refractivity contribution in [1.29, 1.82) is 0 Å². The number of aromatic nitrogens is 3. The van der Waals surface area contributed by atoms with Crippen LogP contribution in [-0.2, 0) is 6.54 Å². The number of alkyl halides is 3. The molecular weight excluding hydrogens is 345 g/mol. The number of nitro groups is 1. The van der Waals surface area contributed by atoms with Crippen LogP contribution < -0.4 is 10.3 Å². The summed E-state index contributed by atoms with van der Waals surface area (Å²) in [6.07, 6.45) is -0.831. The highest BCUT2D eigenvalue weighted by Crippen LogP contribution is 2.22. The van der Waals surface area contributed by atoms with E-state index < -0.39 is 22.7 Å². The summed E-state index contributed by atoms with van der Waals surface area (Å²) in [4.78, 5) is 26.0. The van der Waals surface area contributed by atoms with Gasteiger partial charge in [0.1, 0.15) is 11.9 Å². The second-order valence-corrected chi connectivity index (χ2v) is 5.01. The Morgan fingerprint density at radius 1 is 1.20 bits per heavy atom. The molecule has 0 saturated carbocycles. The Hall–Kier alpha value is -3.37. The second kappa shape index (κ2) is 5.92. The molecule has 2 heterocycles. The predicted molar refractivity (Wildman–Crippen MR) is 78.3 cm³/mol. The lowest BCUT2D eigenvalue weighted by atomic mass is 10.2. The van der Waals surface area contributed by atoms with E-state index >= 15 is 0 Å². The molecule has 0 unspecified atom stereocenters. The number of fused-ring (bicyclic) bond motifs is 1. The fourth-order valence-electron chi connectivity index (χ4n) is 2.21. The lowest BCUT2D eigenvalue weighted by Gasteiger charge is -2.10. The predicted octanol–water partition coefficient (Wildman–Crippen LogP) is 2.35. The summed E-state index contributed by atoms with van der Waals surface area (Å²) in [6.45, 7) is 0.0578. The quantitative estimate of drug-likeness (QED) is 0.530. The highest BCUT2D eigenvalue weighted by atomic mass is 19.4. The molecule has 0 N–H and O–H groups in total. The van der Waals surface area contributed by atoms with Crippen LogP contribution in [0.3, 0.4) is 0 Å². The maximum Gasteiger partial charge on any atom is 0.573 e. The first-order valence-corrected chi connectivity index (χ1v) is 6.80. The summed E-state index contributed by atoms with van der Waals surface area (Å²) in [7, 11) is 0. The molecule has 3 aromatic rings. The van der Waals surface area contributed by atoms with Crippen molar-refractivity contribution in [1.82, 2.24) is 14.0 Å². The van der Waals surface area contributed by atoms with Gasteiger partial charge in [-0.05, 0) is 27.6 Å². The van der Waals surface area contributed by atoms with Crippen molar-refractivity contribution in [2.45, 2.75) is 12.9 Å². The number of hydrogen-bond acceptors (Lipinski definition) is 5. The number of imidazole rings is 1. The molecule has 11 heteroatoms. The molecular formula is C14H9F3N4O4. The van der Waals surface area contributed by atoms with Crippen LogP contribution in [0.5, 0.6) is 5.75 Å². The van der Waals surface area contributed by atoms with Crippen molar-refractivity contribution in [3.05, 3.63) is 68.9 Å². The molecule has 0 atom stereocenters. The highest BCUT2D eigenvalue weighted by molar-refractivity contribution is 5.41. The lowest BCUT2D eigenvalue weighted by Crippen LogP contribution is -2.22. The molecule has 0 bridgehead atoms. The van der Waals surface area contributed by atoms with Gasteiger partial charge in [0.05, 0.1) is 6.54 Å². The molecule has 0 radical (unpaired) electrons. The summed E-state index contributed by atoms with van der Waals surface area (Å²) in [5.74, 6) is -0.827. The standard InChI is InChI=1S/C14H9F3N4O4/c15-14(16,17)25-10-3-1-9(2-4-10)7-20-6-5-19-8-11(21(23)24)18-12(19)13(20)22/h1-6,8H,7H2. The summed E-state index contributed by atoms with van der Waals surface area (Å²) in [5.41, 5.74) is -0.139. The Morgan fingerprint density at radius 2 is 1.88 bits per heavy atom. The van der Waals surface area contributed by atoms with Crippen molar-refractivity contribution in [2.24, 2.45) is 0 Å². The van der Waals surface area contributed by atoms with Crippen LogP contribution in [-0.4, -0.2) is 25.2 Å². The first-order chi connectivity index (χ1) is 11.7. The number of rotatable bonds is 4. The van der Waals surface area contributed by atoms with Gasteiger partial charge in [-0.2, -0.15) is 0 Å². The van der Waals surface area contributed by atoms with Gasteiger partial charge >= 0.3 is 23.4 Å². The van der Waals surface area contributed by atoms with Crippen molar-refractivity contribution in [3.8, 4) is 5.75 Å². The minimum absolute atomic E-state index is 0.0578. The molecule has 3 rings (SSSR count). The largest absolute Gasteiger partial charge is 0.573 e. The zero-order valence-corrected chi connectivity index (χ0v) is 12.3. The van der Waals surface area contributed by atoms with Crippen molar-refractivity contribution in [3.63, 3.8) is 0 Å². The van der Waals surface area contributed by atoms with E-state index in [4.69, 9.17) is 0 Å². The molecule has 0 spiro atoms. The fourth-order valence-corrected chi connectivity index (χ4v) is 2.21. The van der Waals surface area contributed by atoms with Crippen LogP contribution in [0.4, 0.5) is 19.0 Å². The van der Waals surface area contributed by atoms with Gasteiger partial charge in [0, 0.05) is 12.4 Å². The Balaban J connectivity index is 1.86. The molecule has 0 aliphatic heterocycles. The summed E-state index contributed by atoms with van der Waals surface area (Å²) in [5, 5.41) is 10.7. The first kappa shape index (κ1) is 16.5. The Bertz CT molecular complexity index is 992. The van der Waals surface area contributed by atoms with Crippen LogP contribution in [0, 0.1) is 10.1 Å². The molecule has 25 heavy (non-hydrogen) atoms. The third kappa shape index (κ3) is 3.59. The number of benzene rings is 1. The monoisotopic (exact) mass is 354 g/mol. The smallest absolute Gasteiger partial charge is 0.406 e. The SMILES string of the molecule is O=c1c2nc([N+](=O)[O-])cn2ccn1Cc1ccc(OC(F)(F)F)cc1. The molecule has 1 aromatic carbocycles. The Morgan fingerprint density at radius 3 is 2.48 bits per heavy atom. The van der Waals surface area contributed by atoms with Crippen LogP contribution >= 0.6 is 0 Å². The Kier molecular flexibility index (Phi) is 3.91. The van der Waals surface area contributed by atoms with Crippen molar-refractivity contribution >= 4 is 11.5 Å². The molecule has 8 nitrogen and oxygen atoms in total. The van der Waals surface area contributed by atoms with Gasteiger partial charge in [-0.1, -0.05) is 12.1 Å². The van der Waals surface area contributed by atoms with Gasteiger partial charge in [0.2, 0.25) is 0 Å². The average molecular weight is 354 g/mol. The number of ether oxygens (including phenoxy) is 1. The van der Waals surface area contributed by atoms with Crippen LogP contribution in [0.15, 0.2) is 47.7 Å². The van der Waals surface area contributed by atoms with Gasteiger partial charge in [-0.15, -0.1) is 13.2 Å². The average Bonchev–Trinajstić information content (AvgIpc) is 2.96. The van der Waals surface area contributed by atoms with E-state index in [0.717, 1.165) is 18.3 Å². The third-order valence-electron chi connectivity index (χ3n) is 3.28. The lowest BCUT2D eigenvalue weighted by molar-refractivity contribution is -0.389. The van der Waals surface area contributed by atoms with Gasteiger partial charge in [-0.3, -0.25) is 9.20 Å². The molecule has 130 valence electrons. The van der Waals surface area contributed by atoms with E-state index in [9.17, 15) is 28.1 Å². The number of halogens is 3. The van der Waals surface area contributed by atoms with E-state index in [1.165, 1.54) is 33.5 Å². The van der Waals surface area contributed by atoms with Gasteiger partial charge in [0.25, 0.3) is 0 Å². The van der Waals surface area contributed by atoms with E-state index in [2.05, 4.69) is 9.72 Å². The minimum atomic E-state index is -4.78. The molecule has 0 fully saturated rings. The van der Waals surface area contributed by atoms with Crippen molar-refractivity contribution in [2.75, 3.05) is 0 Å². The zero-order valence-electron chi connectivity index (χ0n) is 12.3. The second-order valence-electron chi connectivity index (χ2n) is 5.01. The molecule has 0 amide bonds. The summed E-state index contributed by atoms with van der Waals surface area (Å²) >= 11 is 0. The maximum absolute atomic E-state index is 12.3. The number of nitrogens with zero attached hydrogens (tertiary/aromatic N) is 4. The summed E-state index contributed by atoms with van der Waals surface area (Å²) in [6, 6.07) is 5.02. The van der Waals surface area contributed by atoms with E-state index in [-0.39, 0.29) is 17.9 Å². The van der Waals surface area contributed by atoms with Crippen LogP contribution in [0.2, 0.25) is 0 Å². The topological polar surface area (TPSA) is 91.7 Å². The molecule has 0 aliphatic carbocycles. The van der Waals surface area contributed by atoms with E-state index in [1.807, 2.05) is 0 Å². The first-order valence-electron chi connectivity index (χ1n) is 6.80.